The van der Waals surface area contributed by atoms with Crippen LogP contribution in [0.3, 0.4) is 0 Å². The lowest BCUT2D eigenvalue weighted by Crippen LogP contribution is -2.51. The zero-order chi connectivity index (χ0) is 16.3. The van der Waals surface area contributed by atoms with Gasteiger partial charge in [0, 0.05) is 30.8 Å². The summed E-state index contributed by atoms with van der Waals surface area (Å²) in [6.45, 7) is 3.06. The van der Waals surface area contributed by atoms with Crippen LogP contribution in [0, 0.1) is 11.6 Å². The zero-order valence-electron chi connectivity index (χ0n) is 13.3. The van der Waals surface area contributed by atoms with E-state index in [1.54, 1.807) is 11.8 Å². The van der Waals surface area contributed by atoms with Gasteiger partial charge in [-0.1, -0.05) is 6.07 Å². The van der Waals surface area contributed by atoms with Crippen LogP contribution in [0.15, 0.2) is 18.2 Å². The molecule has 0 aromatic heterocycles. The number of urea groups is 1. The highest BCUT2D eigenvalue weighted by atomic mass is 19.1. The number of piperidine rings is 1. The smallest absolute Gasteiger partial charge is 0.317 e. The van der Waals surface area contributed by atoms with Crippen LogP contribution in [-0.4, -0.2) is 49.1 Å². The minimum absolute atomic E-state index is 0.206. The summed E-state index contributed by atoms with van der Waals surface area (Å²) in [7, 11) is 4.01. The Kier molecular flexibility index (Phi) is 5.34. The predicted molar refractivity (Wildman–Crippen MR) is 81.6 cm³/mol. The molecule has 0 saturated carbocycles. The maximum Gasteiger partial charge on any atom is 0.317 e. The molecule has 0 bridgehead atoms. The van der Waals surface area contributed by atoms with Crippen LogP contribution in [0.4, 0.5) is 13.6 Å². The van der Waals surface area contributed by atoms with Gasteiger partial charge in [0.05, 0.1) is 6.04 Å². The molecule has 2 amide bonds. The van der Waals surface area contributed by atoms with Crippen molar-refractivity contribution in [1.29, 1.82) is 0 Å². The second kappa shape index (κ2) is 7.05. The summed E-state index contributed by atoms with van der Waals surface area (Å²) in [5.41, 5.74) is 0.288. The van der Waals surface area contributed by atoms with Gasteiger partial charge in [0.15, 0.2) is 0 Å². The van der Waals surface area contributed by atoms with Crippen LogP contribution in [0.2, 0.25) is 0 Å². The van der Waals surface area contributed by atoms with E-state index in [1.165, 1.54) is 12.1 Å². The van der Waals surface area contributed by atoms with E-state index in [0.29, 0.717) is 19.1 Å². The van der Waals surface area contributed by atoms with E-state index in [1.807, 2.05) is 14.1 Å². The molecule has 2 atom stereocenters. The van der Waals surface area contributed by atoms with Gasteiger partial charge in [-0.3, -0.25) is 0 Å². The lowest BCUT2D eigenvalue weighted by Gasteiger charge is -2.36. The number of hydrogen-bond acceptors (Lipinski definition) is 2. The number of halogens is 2. The van der Waals surface area contributed by atoms with Crippen molar-refractivity contribution in [3.8, 4) is 0 Å². The van der Waals surface area contributed by atoms with Crippen molar-refractivity contribution in [1.82, 2.24) is 15.1 Å². The first-order chi connectivity index (χ1) is 10.4. The van der Waals surface area contributed by atoms with E-state index in [-0.39, 0.29) is 11.6 Å². The number of carbonyl (C=O) groups excluding carboxylic acids is 1. The van der Waals surface area contributed by atoms with Crippen LogP contribution >= 0.6 is 0 Å². The average molecular weight is 311 g/mol. The molecule has 6 heteroatoms. The van der Waals surface area contributed by atoms with Gasteiger partial charge in [-0.15, -0.1) is 0 Å². The molecule has 122 valence electrons. The fourth-order valence-electron chi connectivity index (χ4n) is 2.77. The normalized spacial score (nSPS) is 20.1. The highest BCUT2D eigenvalue weighted by molar-refractivity contribution is 5.74. The fraction of sp³-hybridized carbons (Fsp3) is 0.562. The molecule has 0 spiro atoms. The molecule has 4 nitrogen and oxygen atoms in total. The lowest BCUT2D eigenvalue weighted by molar-refractivity contribution is 0.138. The summed E-state index contributed by atoms with van der Waals surface area (Å²) >= 11 is 0. The number of carbonyl (C=O) groups is 1. The van der Waals surface area contributed by atoms with Crippen LogP contribution in [0.1, 0.15) is 31.4 Å². The standard InChI is InChI=1S/C16H23F2N3O/c1-11(14-7-6-12(17)9-15(14)18)19-16(22)21-8-4-5-13(10-21)20(2)3/h6-7,9,11,13H,4-5,8,10H2,1-3H3,(H,19,22)/t11-,13+/m1/s1. The second-order valence-corrected chi connectivity index (χ2v) is 6.04. The van der Waals surface area contributed by atoms with E-state index >= 15 is 0 Å². The Morgan fingerprint density at radius 2 is 2.14 bits per heavy atom. The first-order valence-electron chi connectivity index (χ1n) is 7.55. The van der Waals surface area contributed by atoms with Crippen LogP contribution in [0.5, 0.6) is 0 Å². The number of likely N-dealkylation sites (N-methyl/N-ethyl adjacent to an activating group) is 1. The van der Waals surface area contributed by atoms with E-state index in [4.69, 9.17) is 0 Å². The summed E-state index contributed by atoms with van der Waals surface area (Å²) in [5.74, 6) is -1.26. The van der Waals surface area contributed by atoms with Crippen molar-refractivity contribution in [2.75, 3.05) is 27.2 Å². The highest BCUT2D eigenvalue weighted by Gasteiger charge is 2.26. The Bertz CT molecular complexity index is 536. The van der Waals surface area contributed by atoms with Gasteiger partial charge in [-0.2, -0.15) is 0 Å². The van der Waals surface area contributed by atoms with E-state index in [0.717, 1.165) is 18.9 Å². The minimum Gasteiger partial charge on any atom is -0.331 e. The molecular formula is C16H23F2N3O. The summed E-state index contributed by atoms with van der Waals surface area (Å²) < 4.78 is 26.7. The number of benzene rings is 1. The van der Waals surface area contributed by atoms with Crippen molar-refractivity contribution in [2.45, 2.75) is 31.8 Å². The first-order valence-corrected chi connectivity index (χ1v) is 7.55. The van der Waals surface area contributed by atoms with E-state index in [9.17, 15) is 13.6 Å². The molecule has 1 aromatic rings. The third-order valence-corrected chi connectivity index (χ3v) is 4.18. The first kappa shape index (κ1) is 16.7. The second-order valence-electron chi connectivity index (χ2n) is 6.04. The maximum atomic E-state index is 13.7. The van der Waals surface area contributed by atoms with Crippen LogP contribution < -0.4 is 5.32 Å². The van der Waals surface area contributed by atoms with Crippen LogP contribution in [0.25, 0.3) is 0 Å². The van der Waals surface area contributed by atoms with Crippen molar-refractivity contribution in [3.63, 3.8) is 0 Å². The molecule has 1 heterocycles. The van der Waals surface area contributed by atoms with Crippen LogP contribution in [-0.2, 0) is 0 Å². The monoisotopic (exact) mass is 311 g/mol. The van der Waals surface area contributed by atoms with Gasteiger partial charge in [-0.05, 0) is 39.9 Å². The Morgan fingerprint density at radius 1 is 1.41 bits per heavy atom. The summed E-state index contributed by atoms with van der Waals surface area (Å²) in [6, 6.07) is 3.03. The Labute approximate surface area is 130 Å². The molecule has 22 heavy (non-hydrogen) atoms. The highest BCUT2D eigenvalue weighted by Crippen LogP contribution is 2.19. The van der Waals surface area contributed by atoms with Gasteiger partial charge in [0.25, 0.3) is 0 Å². The molecular weight excluding hydrogens is 288 g/mol. The van der Waals surface area contributed by atoms with Crippen molar-refractivity contribution in [3.05, 3.63) is 35.4 Å². The van der Waals surface area contributed by atoms with Crippen molar-refractivity contribution >= 4 is 6.03 Å². The Morgan fingerprint density at radius 3 is 2.77 bits per heavy atom. The molecule has 0 unspecified atom stereocenters. The molecule has 1 saturated heterocycles. The quantitative estimate of drug-likeness (QED) is 0.932. The Hall–Kier alpha value is -1.69. The van der Waals surface area contributed by atoms with Gasteiger partial charge in [0.2, 0.25) is 0 Å². The molecule has 1 N–H and O–H groups in total. The molecule has 0 radical (unpaired) electrons. The summed E-state index contributed by atoms with van der Waals surface area (Å²) in [6.07, 6.45) is 2.02. The van der Waals surface area contributed by atoms with Gasteiger partial charge < -0.3 is 15.1 Å². The molecule has 1 aromatic carbocycles. The number of nitrogens with zero attached hydrogens (tertiary/aromatic N) is 2. The largest absolute Gasteiger partial charge is 0.331 e. The topological polar surface area (TPSA) is 35.6 Å². The van der Waals surface area contributed by atoms with Gasteiger partial charge >= 0.3 is 6.03 Å². The minimum atomic E-state index is -0.641. The third kappa shape index (κ3) is 3.94. The molecule has 1 fully saturated rings. The molecule has 1 aliphatic rings. The van der Waals surface area contributed by atoms with Crippen molar-refractivity contribution < 1.29 is 13.6 Å². The van der Waals surface area contributed by atoms with Crippen molar-refractivity contribution in [2.24, 2.45) is 0 Å². The predicted octanol–water partition coefficient (Wildman–Crippen LogP) is 2.76. The van der Waals surface area contributed by atoms with Gasteiger partial charge in [0.1, 0.15) is 11.6 Å². The van der Waals surface area contributed by atoms with Gasteiger partial charge in [-0.25, -0.2) is 13.6 Å². The summed E-state index contributed by atoms with van der Waals surface area (Å²) in [4.78, 5) is 16.2. The number of hydrogen-bond donors (Lipinski definition) is 1. The SMILES string of the molecule is C[C@@H](NC(=O)N1CCC[C@H](N(C)C)C1)c1ccc(F)cc1F. The summed E-state index contributed by atoms with van der Waals surface area (Å²) in [5, 5.41) is 2.79. The average Bonchev–Trinajstić information content (AvgIpc) is 2.47. The number of likely N-dealkylation sites (tertiary alicyclic amines) is 1. The fourth-order valence-corrected chi connectivity index (χ4v) is 2.77. The molecule has 1 aliphatic heterocycles. The number of nitrogens with one attached hydrogen (secondary N) is 1. The lowest BCUT2D eigenvalue weighted by atomic mass is 10.0. The molecule has 2 rings (SSSR count). The van der Waals surface area contributed by atoms with E-state index in [2.05, 4.69) is 10.2 Å². The molecule has 0 aliphatic carbocycles. The maximum absolute atomic E-state index is 13.7. The van der Waals surface area contributed by atoms with E-state index < -0.39 is 17.7 Å². The zero-order valence-corrected chi connectivity index (χ0v) is 13.3. The number of rotatable bonds is 3. The Balaban J connectivity index is 1.98. The third-order valence-electron chi connectivity index (χ3n) is 4.18. The number of amides is 2.